The summed E-state index contributed by atoms with van der Waals surface area (Å²) in [6.07, 6.45) is -9.04. The van der Waals surface area contributed by atoms with Gasteiger partial charge in [0.15, 0.2) is 0 Å². The van der Waals surface area contributed by atoms with E-state index in [1.807, 2.05) is 0 Å². The molecule has 9 heteroatoms. The van der Waals surface area contributed by atoms with Crippen LogP contribution in [0, 0.1) is 0 Å². The molecule has 5 aromatic rings. The van der Waals surface area contributed by atoms with Crippen LogP contribution in [0.2, 0.25) is 0 Å². The first-order chi connectivity index (χ1) is 19.4. The number of alkyl halides is 6. The van der Waals surface area contributed by atoms with Crippen LogP contribution in [-0.2, 0) is 16.9 Å². The molecule has 0 aliphatic rings. The molecule has 0 aliphatic heterocycles. The molecule has 0 bridgehead atoms. The van der Waals surface area contributed by atoms with Crippen LogP contribution < -0.4 is 15.1 Å². The minimum absolute atomic E-state index is 0.133. The molecule has 0 spiro atoms. The summed E-state index contributed by atoms with van der Waals surface area (Å²) in [5.41, 5.74) is 0.0258. The molecular formula is C32H21F6O2P. The second kappa shape index (κ2) is 10.9. The molecule has 0 radical (unpaired) electrons. The molecule has 0 saturated carbocycles. The van der Waals surface area contributed by atoms with Gasteiger partial charge in [0, 0.05) is 0 Å². The van der Waals surface area contributed by atoms with Crippen molar-refractivity contribution in [2.24, 2.45) is 0 Å². The van der Waals surface area contributed by atoms with Crippen molar-refractivity contribution in [2.75, 3.05) is 0 Å². The summed E-state index contributed by atoms with van der Waals surface area (Å²) in [5.74, 6) is 0.133. The van der Waals surface area contributed by atoms with E-state index in [2.05, 4.69) is 0 Å². The standard InChI is InChI=1S/C32H21F6O2P/c33-31(34,35)26-15-11-22(12-16-26)24-19-25(23-13-17-27(18-14-23)32(36,37)38)21-28(20-24)40-41(39,29-7-3-1-4-8-29)30-9-5-2-6-10-30/h1-21H. The Morgan fingerprint density at radius 1 is 0.463 bits per heavy atom. The van der Waals surface area contributed by atoms with E-state index in [0.717, 1.165) is 24.3 Å². The minimum atomic E-state index is -4.52. The third-order valence-corrected chi connectivity index (χ3v) is 8.85. The molecule has 208 valence electrons. The number of benzene rings is 5. The summed E-state index contributed by atoms with van der Waals surface area (Å²) < 4.78 is 99.8. The van der Waals surface area contributed by atoms with Gasteiger partial charge in [-0.2, -0.15) is 26.3 Å². The van der Waals surface area contributed by atoms with Crippen LogP contribution in [0.4, 0.5) is 26.3 Å². The SMILES string of the molecule is O=P(Oc1cc(-c2ccc(C(F)(F)F)cc2)cc(-c2ccc(C(F)(F)F)cc2)c1)(c1ccccc1)c1ccccc1. The Hall–Kier alpha value is -4.29. The first-order valence-electron chi connectivity index (χ1n) is 12.3. The molecule has 0 fully saturated rings. The lowest BCUT2D eigenvalue weighted by molar-refractivity contribution is -0.138. The molecular weight excluding hydrogens is 561 g/mol. The second-order valence-electron chi connectivity index (χ2n) is 9.21. The summed E-state index contributed by atoms with van der Waals surface area (Å²) in [7, 11) is -3.73. The second-order valence-corrected chi connectivity index (χ2v) is 11.5. The quantitative estimate of drug-likeness (QED) is 0.147. The van der Waals surface area contributed by atoms with Crippen molar-refractivity contribution < 1.29 is 35.4 Å². The van der Waals surface area contributed by atoms with Gasteiger partial charge in [-0.15, -0.1) is 0 Å². The summed E-state index contributed by atoms with van der Waals surface area (Å²) in [6.45, 7) is 0. The first-order valence-corrected chi connectivity index (χ1v) is 14.0. The van der Waals surface area contributed by atoms with Crippen molar-refractivity contribution in [3.63, 3.8) is 0 Å². The Labute approximate surface area is 232 Å². The summed E-state index contributed by atoms with van der Waals surface area (Å²) >= 11 is 0. The van der Waals surface area contributed by atoms with Crippen LogP contribution in [0.3, 0.4) is 0 Å². The molecule has 0 atom stereocenters. The molecule has 0 heterocycles. The normalized spacial score (nSPS) is 12.2. The number of halogens is 6. The molecule has 0 aromatic heterocycles. The van der Waals surface area contributed by atoms with Crippen LogP contribution in [-0.4, -0.2) is 0 Å². The van der Waals surface area contributed by atoms with Crippen LogP contribution >= 0.6 is 7.37 Å². The average molecular weight is 582 g/mol. The van der Waals surface area contributed by atoms with Gasteiger partial charge >= 0.3 is 19.7 Å². The van der Waals surface area contributed by atoms with Gasteiger partial charge in [0.1, 0.15) is 5.75 Å². The highest BCUT2D eigenvalue weighted by Gasteiger charge is 2.32. The molecule has 0 unspecified atom stereocenters. The van der Waals surface area contributed by atoms with E-state index in [1.165, 1.54) is 24.3 Å². The van der Waals surface area contributed by atoms with Crippen molar-refractivity contribution in [2.45, 2.75) is 12.4 Å². The zero-order valence-electron chi connectivity index (χ0n) is 21.2. The maximum Gasteiger partial charge on any atom is 0.416 e. The van der Waals surface area contributed by atoms with Crippen molar-refractivity contribution in [1.82, 2.24) is 0 Å². The van der Waals surface area contributed by atoms with Crippen molar-refractivity contribution >= 4 is 18.0 Å². The predicted octanol–water partition coefficient (Wildman–Crippen LogP) is 9.37. The average Bonchev–Trinajstić information content (AvgIpc) is 2.97. The molecule has 0 saturated heterocycles. The van der Waals surface area contributed by atoms with E-state index in [0.29, 0.717) is 32.9 Å². The van der Waals surface area contributed by atoms with Crippen LogP contribution in [0.1, 0.15) is 11.1 Å². The monoisotopic (exact) mass is 582 g/mol. The van der Waals surface area contributed by atoms with Gasteiger partial charge in [0.25, 0.3) is 0 Å². The summed E-state index contributed by atoms with van der Waals surface area (Å²) in [6, 6.07) is 30.8. The lowest BCUT2D eigenvalue weighted by Gasteiger charge is -2.21. The first kappa shape index (κ1) is 28.2. The van der Waals surface area contributed by atoms with Crippen LogP contribution in [0.5, 0.6) is 5.75 Å². The Bertz CT molecular complexity index is 1560. The van der Waals surface area contributed by atoms with Gasteiger partial charge in [-0.05, 0) is 89.0 Å². The van der Waals surface area contributed by atoms with Crippen LogP contribution in [0.25, 0.3) is 22.3 Å². The number of rotatable bonds is 6. The molecule has 41 heavy (non-hydrogen) atoms. The van der Waals surface area contributed by atoms with Crippen LogP contribution in [0.15, 0.2) is 127 Å². The molecule has 0 aliphatic carbocycles. The largest absolute Gasteiger partial charge is 0.437 e. The Kier molecular flexibility index (Phi) is 7.54. The lowest BCUT2D eigenvalue weighted by Crippen LogP contribution is -2.20. The van der Waals surface area contributed by atoms with Gasteiger partial charge in [0.2, 0.25) is 0 Å². The van der Waals surface area contributed by atoms with Gasteiger partial charge < -0.3 is 4.52 Å². The number of hydrogen-bond acceptors (Lipinski definition) is 2. The highest BCUT2D eigenvalue weighted by Crippen LogP contribution is 2.47. The fourth-order valence-electron chi connectivity index (χ4n) is 4.34. The Balaban J connectivity index is 1.65. The molecule has 5 aromatic carbocycles. The maximum atomic E-state index is 14.5. The minimum Gasteiger partial charge on any atom is -0.437 e. The number of hydrogen-bond donors (Lipinski definition) is 0. The molecule has 5 rings (SSSR count). The zero-order valence-corrected chi connectivity index (χ0v) is 22.1. The van der Waals surface area contributed by atoms with Gasteiger partial charge in [-0.1, -0.05) is 60.7 Å². The van der Waals surface area contributed by atoms with E-state index in [1.54, 1.807) is 78.9 Å². The van der Waals surface area contributed by atoms with Gasteiger partial charge in [0.05, 0.1) is 21.7 Å². The van der Waals surface area contributed by atoms with Crippen molar-refractivity contribution in [3.8, 4) is 28.0 Å². The maximum absolute atomic E-state index is 14.5. The highest BCUT2D eigenvalue weighted by atomic mass is 31.2. The zero-order chi connectivity index (χ0) is 29.3. The third-order valence-electron chi connectivity index (χ3n) is 6.42. The Morgan fingerprint density at radius 2 is 0.829 bits per heavy atom. The predicted molar refractivity (Wildman–Crippen MR) is 148 cm³/mol. The van der Waals surface area contributed by atoms with E-state index >= 15 is 0 Å². The van der Waals surface area contributed by atoms with Crippen molar-refractivity contribution in [1.29, 1.82) is 0 Å². The van der Waals surface area contributed by atoms with E-state index in [-0.39, 0.29) is 5.75 Å². The fourth-order valence-corrected chi connectivity index (χ4v) is 6.38. The third kappa shape index (κ3) is 6.23. The summed E-state index contributed by atoms with van der Waals surface area (Å²) in [5, 5.41) is 0.837. The Morgan fingerprint density at radius 3 is 1.17 bits per heavy atom. The van der Waals surface area contributed by atoms with Crippen molar-refractivity contribution in [3.05, 3.63) is 139 Å². The molecule has 0 N–H and O–H groups in total. The van der Waals surface area contributed by atoms with E-state index < -0.39 is 30.8 Å². The molecule has 2 nitrogen and oxygen atoms in total. The molecule has 0 amide bonds. The lowest BCUT2D eigenvalue weighted by atomic mass is 9.97. The summed E-state index contributed by atoms with van der Waals surface area (Å²) in [4.78, 5) is 0. The van der Waals surface area contributed by atoms with E-state index in [4.69, 9.17) is 4.52 Å². The van der Waals surface area contributed by atoms with Gasteiger partial charge in [-0.25, -0.2) is 0 Å². The topological polar surface area (TPSA) is 26.3 Å². The highest BCUT2D eigenvalue weighted by molar-refractivity contribution is 7.74. The fraction of sp³-hybridized carbons (Fsp3) is 0.0625. The smallest absolute Gasteiger partial charge is 0.416 e. The van der Waals surface area contributed by atoms with Gasteiger partial charge in [-0.3, -0.25) is 4.57 Å². The van der Waals surface area contributed by atoms with E-state index in [9.17, 15) is 30.9 Å².